The van der Waals surface area contributed by atoms with E-state index in [2.05, 4.69) is 34.0 Å². The van der Waals surface area contributed by atoms with Crippen LogP contribution in [0.3, 0.4) is 0 Å². The molecule has 1 aliphatic heterocycles. The molecule has 0 spiro atoms. The minimum atomic E-state index is 0.726. The van der Waals surface area contributed by atoms with Gasteiger partial charge in [-0.05, 0) is 19.5 Å². The Morgan fingerprint density at radius 2 is 2.33 bits per heavy atom. The largest absolute Gasteiger partial charge is 0.346 e. The maximum absolute atomic E-state index is 4.37. The van der Waals surface area contributed by atoms with Gasteiger partial charge in [0.1, 0.15) is 0 Å². The second-order valence-corrected chi connectivity index (χ2v) is 4.80. The molecule has 1 aromatic heterocycles. The topological polar surface area (TPSA) is 19.4 Å². The van der Waals surface area contributed by atoms with Crippen LogP contribution < -0.4 is 4.90 Å². The number of thiazole rings is 1. The van der Waals surface area contributed by atoms with Crippen molar-refractivity contribution in [2.75, 3.05) is 31.1 Å². The summed E-state index contributed by atoms with van der Waals surface area (Å²) in [6.45, 7) is 9.12. The number of hydrogen-bond donors (Lipinski definition) is 0. The van der Waals surface area contributed by atoms with Gasteiger partial charge in [0.25, 0.3) is 0 Å². The first kappa shape index (κ1) is 10.9. The summed E-state index contributed by atoms with van der Waals surface area (Å²) in [5.74, 6) is 0. The highest BCUT2D eigenvalue weighted by molar-refractivity contribution is 7.13. The standard InChI is InChI=1S/C11H19N3S/c1-3-13(4-2)10-5-7-14(9-10)11-12-6-8-15-11/h6,8,10H,3-5,7,9H2,1-2H3. The fourth-order valence-corrected chi connectivity index (χ4v) is 3.01. The van der Waals surface area contributed by atoms with E-state index in [1.54, 1.807) is 11.3 Å². The molecule has 0 aromatic carbocycles. The number of likely N-dealkylation sites (N-methyl/N-ethyl adjacent to an activating group) is 1. The molecule has 3 nitrogen and oxygen atoms in total. The Balaban J connectivity index is 1.95. The molecular weight excluding hydrogens is 206 g/mol. The van der Waals surface area contributed by atoms with Crippen LogP contribution in [0.4, 0.5) is 5.13 Å². The molecule has 1 fully saturated rings. The summed E-state index contributed by atoms with van der Waals surface area (Å²) in [5.41, 5.74) is 0. The third-order valence-corrected chi connectivity index (χ3v) is 4.01. The molecule has 0 saturated carbocycles. The van der Waals surface area contributed by atoms with E-state index in [1.165, 1.54) is 11.6 Å². The Kier molecular flexibility index (Phi) is 3.59. The molecular formula is C11H19N3S. The van der Waals surface area contributed by atoms with Gasteiger partial charge in [0, 0.05) is 30.7 Å². The molecule has 0 amide bonds. The van der Waals surface area contributed by atoms with Gasteiger partial charge in [-0.25, -0.2) is 4.98 Å². The average Bonchev–Trinajstić information content (AvgIpc) is 2.89. The third kappa shape index (κ3) is 2.32. The zero-order valence-corrected chi connectivity index (χ0v) is 10.3. The lowest BCUT2D eigenvalue weighted by atomic mass is 10.2. The zero-order chi connectivity index (χ0) is 10.7. The normalized spacial score (nSPS) is 21.5. The van der Waals surface area contributed by atoms with Crippen molar-refractivity contribution >= 4 is 16.5 Å². The molecule has 0 N–H and O–H groups in total. The monoisotopic (exact) mass is 225 g/mol. The van der Waals surface area contributed by atoms with Gasteiger partial charge < -0.3 is 4.90 Å². The SMILES string of the molecule is CCN(CC)C1CCN(c2nccs2)C1. The number of hydrogen-bond acceptors (Lipinski definition) is 4. The molecule has 0 radical (unpaired) electrons. The van der Waals surface area contributed by atoms with Crippen molar-refractivity contribution in [2.45, 2.75) is 26.3 Å². The Morgan fingerprint density at radius 1 is 1.53 bits per heavy atom. The molecule has 2 heterocycles. The van der Waals surface area contributed by atoms with Crippen LogP contribution in [-0.2, 0) is 0 Å². The van der Waals surface area contributed by atoms with E-state index in [0.717, 1.165) is 32.2 Å². The first-order chi connectivity index (χ1) is 7.35. The zero-order valence-electron chi connectivity index (χ0n) is 9.52. The fraction of sp³-hybridized carbons (Fsp3) is 0.727. The van der Waals surface area contributed by atoms with Crippen molar-refractivity contribution < 1.29 is 0 Å². The van der Waals surface area contributed by atoms with E-state index in [0.29, 0.717) is 0 Å². The Labute approximate surface area is 95.7 Å². The Hall–Kier alpha value is -0.610. The van der Waals surface area contributed by atoms with Crippen molar-refractivity contribution in [3.63, 3.8) is 0 Å². The van der Waals surface area contributed by atoms with Crippen LogP contribution >= 0.6 is 11.3 Å². The number of nitrogens with zero attached hydrogens (tertiary/aromatic N) is 3. The minimum absolute atomic E-state index is 0.726. The molecule has 84 valence electrons. The van der Waals surface area contributed by atoms with E-state index in [4.69, 9.17) is 0 Å². The molecule has 2 rings (SSSR count). The smallest absolute Gasteiger partial charge is 0.185 e. The Bertz CT molecular complexity index is 282. The van der Waals surface area contributed by atoms with E-state index in [1.807, 2.05) is 6.20 Å². The summed E-state index contributed by atoms with van der Waals surface area (Å²) < 4.78 is 0. The first-order valence-electron chi connectivity index (χ1n) is 5.73. The molecule has 0 bridgehead atoms. The van der Waals surface area contributed by atoms with Crippen LogP contribution in [0.15, 0.2) is 11.6 Å². The summed E-state index contributed by atoms with van der Waals surface area (Å²) >= 11 is 1.75. The van der Waals surface area contributed by atoms with Crippen LogP contribution in [0.5, 0.6) is 0 Å². The lowest BCUT2D eigenvalue weighted by molar-refractivity contribution is 0.232. The lowest BCUT2D eigenvalue weighted by Gasteiger charge is -2.25. The van der Waals surface area contributed by atoms with Gasteiger partial charge in [0.2, 0.25) is 0 Å². The van der Waals surface area contributed by atoms with Crippen LogP contribution in [0.25, 0.3) is 0 Å². The highest BCUT2D eigenvalue weighted by atomic mass is 32.1. The molecule has 0 aliphatic carbocycles. The second-order valence-electron chi connectivity index (χ2n) is 3.92. The highest BCUT2D eigenvalue weighted by Crippen LogP contribution is 2.24. The molecule has 1 saturated heterocycles. The van der Waals surface area contributed by atoms with Crippen molar-refractivity contribution in [1.82, 2.24) is 9.88 Å². The first-order valence-corrected chi connectivity index (χ1v) is 6.61. The predicted octanol–water partition coefficient (Wildman–Crippen LogP) is 2.06. The molecule has 1 aliphatic rings. The summed E-state index contributed by atoms with van der Waals surface area (Å²) in [7, 11) is 0. The number of anilines is 1. The van der Waals surface area contributed by atoms with Crippen LogP contribution in [0.2, 0.25) is 0 Å². The maximum Gasteiger partial charge on any atom is 0.185 e. The number of rotatable bonds is 4. The predicted molar refractivity (Wildman–Crippen MR) is 65.7 cm³/mol. The average molecular weight is 225 g/mol. The molecule has 1 unspecified atom stereocenters. The summed E-state index contributed by atoms with van der Waals surface area (Å²) in [6, 6.07) is 0.726. The van der Waals surface area contributed by atoms with Gasteiger partial charge in [-0.3, -0.25) is 4.90 Å². The number of aromatic nitrogens is 1. The summed E-state index contributed by atoms with van der Waals surface area (Å²) in [5, 5.41) is 3.24. The third-order valence-electron chi connectivity index (χ3n) is 3.18. The van der Waals surface area contributed by atoms with Gasteiger partial charge in [-0.2, -0.15) is 0 Å². The van der Waals surface area contributed by atoms with Gasteiger partial charge in [0.15, 0.2) is 5.13 Å². The van der Waals surface area contributed by atoms with E-state index in [9.17, 15) is 0 Å². The van der Waals surface area contributed by atoms with Gasteiger partial charge >= 0.3 is 0 Å². The maximum atomic E-state index is 4.37. The molecule has 1 atom stereocenters. The Morgan fingerprint density at radius 3 is 2.93 bits per heavy atom. The molecule has 15 heavy (non-hydrogen) atoms. The van der Waals surface area contributed by atoms with Crippen molar-refractivity contribution in [3.8, 4) is 0 Å². The van der Waals surface area contributed by atoms with Crippen molar-refractivity contribution in [1.29, 1.82) is 0 Å². The summed E-state index contributed by atoms with van der Waals surface area (Å²) in [6.07, 6.45) is 3.17. The van der Waals surface area contributed by atoms with Gasteiger partial charge in [0.05, 0.1) is 0 Å². The summed E-state index contributed by atoms with van der Waals surface area (Å²) in [4.78, 5) is 9.33. The molecule has 4 heteroatoms. The quantitative estimate of drug-likeness (QED) is 0.782. The van der Waals surface area contributed by atoms with Gasteiger partial charge in [-0.1, -0.05) is 13.8 Å². The van der Waals surface area contributed by atoms with Crippen molar-refractivity contribution in [3.05, 3.63) is 11.6 Å². The van der Waals surface area contributed by atoms with E-state index < -0.39 is 0 Å². The lowest BCUT2D eigenvalue weighted by Crippen LogP contribution is -2.37. The minimum Gasteiger partial charge on any atom is -0.346 e. The highest BCUT2D eigenvalue weighted by Gasteiger charge is 2.27. The van der Waals surface area contributed by atoms with Crippen LogP contribution in [0.1, 0.15) is 20.3 Å². The van der Waals surface area contributed by atoms with E-state index in [-0.39, 0.29) is 0 Å². The van der Waals surface area contributed by atoms with Crippen molar-refractivity contribution in [2.24, 2.45) is 0 Å². The van der Waals surface area contributed by atoms with Crippen LogP contribution in [-0.4, -0.2) is 42.1 Å². The van der Waals surface area contributed by atoms with Crippen LogP contribution in [0, 0.1) is 0 Å². The second kappa shape index (κ2) is 4.94. The fourth-order valence-electron chi connectivity index (χ4n) is 2.33. The molecule has 1 aromatic rings. The van der Waals surface area contributed by atoms with Gasteiger partial charge in [-0.15, -0.1) is 11.3 Å². The van der Waals surface area contributed by atoms with E-state index >= 15 is 0 Å².